The van der Waals surface area contributed by atoms with Crippen molar-refractivity contribution in [2.24, 2.45) is 5.92 Å². The molecule has 136 valence electrons. The fourth-order valence-corrected chi connectivity index (χ4v) is 2.86. The van der Waals surface area contributed by atoms with E-state index in [0.717, 1.165) is 17.0 Å². The molecule has 1 aliphatic rings. The Morgan fingerprint density at radius 3 is 2.42 bits per heavy atom. The van der Waals surface area contributed by atoms with E-state index in [1.807, 2.05) is 0 Å². The number of carbonyl (C=O) groups is 2. The topological polar surface area (TPSA) is 49.4 Å². The standard InChI is InChI=1S/C18H14F4N2O2/c19-13-6-2-4-8-15(13)24-10-11(9-16(24)25)17(26)23-14-7-3-1-5-12(14)18(20,21)22/h1-8,11H,9-10H2,(H,23,26)/t11-/m1/s1. The summed E-state index contributed by atoms with van der Waals surface area (Å²) in [5, 5.41) is 2.23. The van der Waals surface area contributed by atoms with Crippen molar-refractivity contribution in [2.45, 2.75) is 12.6 Å². The number of hydrogen-bond acceptors (Lipinski definition) is 2. The number of amides is 2. The van der Waals surface area contributed by atoms with E-state index in [9.17, 15) is 27.2 Å². The Morgan fingerprint density at radius 2 is 1.73 bits per heavy atom. The first-order valence-electron chi connectivity index (χ1n) is 7.79. The lowest BCUT2D eigenvalue weighted by molar-refractivity contribution is -0.137. The van der Waals surface area contributed by atoms with Crippen LogP contribution >= 0.6 is 0 Å². The molecular formula is C18H14F4N2O2. The van der Waals surface area contributed by atoms with Crippen molar-refractivity contribution in [1.82, 2.24) is 0 Å². The number of alkyl halides is 3. The summed E-state index contributed by atoms with van der Waals surface area (Å²) >= 11 is 0. The summed E-state index contributed by atoms with van der Waals surface area (Å²) < 4.78 is 52.9. The smallest absolute Gasteiger partial charge is 0.325 e. The van der Waals surface area contributed by atoms with Crippen LogP contribution in [0.25, 0.3) is 0 Å². The molecule has 26 heavy (non-hydrogen) atoms. The van der Waals surface area contributed by atoms with E-state index in [-0.39, 0.29) is 24.3 Å². The zero-order chi connectivity index (χ0) is 18.9. The first-order chi connectivity index (χ1) is 12.3. The van der Waals surface area contributed by atoms with Gasteiger partial charge in [-0.15, -0.1) is 0 Å². The third-order valence-corrected chi connectivity index (χ3v) is 4.13. The van der Waals surface area contributed by atoms with Gasteiger partial charge in [-0.25, -0.2) is 4.39 Å². The summed E-state index contributed by atoms with van der Waals surface area (Å²) in [4.78, 5) is 25.6. The number of para-hydroxylation sites is 2. The van der Waals surface area contributed by atoms with Gasteiger partial charge in [0.15, 0.2) is 0 Å². The van der Waals surface area contributed by atoms with Gasteiger partial charge in [0.1, 0.15) is 5.82 Å². The van der Waals surface area contributed by atoms with E-state index < -0.39 is 35.3 Å². The van der Waals surface area contributed by atoms with E-state index in [2.05, 4.69) is 5.32 Å². The molecule has 1 atom stereocenters. The van der Waals surface area contributed by atoms with E-state index in [1.165, 1.54) is 30.3 Å². The molecule has 1 aliphatic heterocycles. The highest BCUT2D eigenvalue weighted by Crippen LogP contribution is 2.35. The normalized spacial score (nSPS) is 17.5. The molecular weight excluding hydrogens is 352 g/mol. The molecule has 0 aliphatic carbocycles. The molecule has 8 heteroatoms. The van der Waals surface area contributed by atoms with Gasteiger partial charge in [0.2, 0.25) is 11.8 Å². The molecule has 0 radical (unpaired) electrons. The molecule has 0 unspecified atom stereocenters. The summed E-state index contributed by atoms with van der Waals surface area (Å²) in [5.74, 6) is -2.65. The molecule has 0 saturated carbocycles. The van der Waals surface area contributed by atoms with E-state index in [4.69, 9.17) is 0 Å². The molecule has 2 amide bonds. The van der Waals surface area contributed by atoms with Gasteiger partial charge in [0.05, 0.1) is 22.9 Å². The predicted octanol–water partition coefficient (Wildman–Crippen LogP) is 3.84. The molecule has 0 aromatic heterocycles. The van der Waals surface area contributed by atoms with Crippen LogP contribution in [-0.2, 0) is 15.8 Å². The van der Waals surface area contributed by atoms with Crippen molar-refractivity contribution in [3.8, 4) is 0 Å². The Kier molecular flexibility index (Phi) is 4.67. The minimum atomic E-state index is -4.62. The zero-order valence-electron chi connectivity index (χ0n) is 13.4. The van der Waals surface area contributed by atoms with Gasteiger partial charge in [-0.3, -0.25) is 9.59 Å². The molecule has 2 aromatic rings. The first kappa shape index (κ1) is 17.9. The fourth-order valence-electron chi connectivity index (χ4n) is 2.86. The summed E-state index contributed by atoms with van der Waals surface area (Å²) in [5.41, 5.74) is -1.30. The molecule has 1 fully saturated rings. The number of carbonyl (C=O) groups excluding carboxylic acids is 2. The maximum Gasteiger partial charge on any atom is 0.418 e. The Balaban J connectivity index is 1.77. The lowest BCUT2D eigenvalue weighted by Gasteiger charge is -2.18. The summed E-state index contributed by atoms with van der Waals surface area (Å²) in [6.45, 7) is -0.0974. The van der Waals surface area contributed by atoms with Crippen molar-refractivity contribution < 1.29 is 27.2 Å². The van der Waals surface area contributed by atoms with Crippen molar-refractivity contribution in [2.75, 3.05) is 16.8 Å². The quantitative estimate of drug-likeness (QED) is 0.840. The molecule has 0 bridgehead atoms. The minimum absolute atomic E-state index is 0.0449. The van der Waals surface area contributed by atoms with Crippen LogP contribution in [0.1, 0.15) is 12.0 Å². The van der Waals surface area contributed by atoms with Crippen molar-refractivity contribution >= 4 is 23.2 Å². The number of nitrogens with one attached hydrogen (secondary N) is 1. The lowest BCUT2D eigenvalue weighted by atomic mass is 10.1. The summed E-state index contributed by atoms with van der Waals surface area (Å²) in [6, 6.07) is 10.2. The molecule has 4 nitrogen and oxygen atoms in total. The second kappa shape index (κ2) is 6.78. The molecule has 3 rings (SSSR count). The SMILES string of the molecule is O=C(Nc1ccccc1C(F)(F)F)[C@@H]1CC(=O)N(c2ccccc2F)C1. The van der Waals surface area contributed by atoms with Gasteiger partial charge in [0.25, 0.3) is 0 Å². The van der Waals surface area contributed by atoms with E-state index in [0.29, 0.717) is 0 Å². The molecule has 2 aromatic carbocycles. The van der Waals surface area contributed by atoms with Crippen molar-refractivity contribution in [3.63, 3.8) is 0 Å². The van der Waals surface area contributed by atoms with Gasteiger partial charge in [-0.05, 0) is 24.3 Å². The average molecular weight is 366 g/mol. The molecule has 0 spiro atoms. The maximum atomic E-state index is 13.9. The van der Waals surface area contributed by atoms with Gasteiger partial charge in [-0.2, -0.15) is 13.2 Å². The third-order valence-electron chi connectivity index (χ3n) is 4.13. The zero-order valence-corrected chi connectivity index (χ0v) is 13.4. The number of benzene rings is 2. The number of halogens is 4. The Labute approximate surface area is 146 Å². The highest BCUT2D eigenvalue weighted by atomic mass is 19.4. The predicted molar refractivity (Wildman–Crippen MR) is 86.9 cm³/mol. The Hall–Kier alpha value is -2.90. The second-order valence-electron chi connectivity index (χ2n) is 5.89. The minimum Gasteiger partial charge on any atom is -0.325 e. The fraction of sp³-hybridized carbons (Fsp3) is 0.222. The monoisotopic (exact) mass is 366 g/mol. The Morgan fingerprint density at radius 1 is 1.08 bits per heavy atom. The first-order valence-corrected chi connectivity index (χ1v) is 7.79. The summed E-state index contributed by atoms with van der Waals surface area (Å²) in [7, 11) is 0. The summed E-state index contributed by atoms with van der Waals surface area (Å²) in [6.07, 6.45) is -4.82. The van der Waals surface area contributed by atoms with Gasteiger partial charge in [0, 0.05) is 13.0 Å². The second-order valence-corrected chi connectivity index (χ2v) is 5.89. The van der Waals surface area contributed by atoms with E-state index in [1.54, 1.807) is 6.07 Å². The van der Waals surface area contributed by atoms with E-state index >= 15 is 0 Å². The van der Waals surface area contributed by atoms with Gasteiger partial charge >= 0.3 is 6.18 Å². The van der Waals surface area contributed by atoms with Crippen LogP contribution in [0.15, 0.2) is 48.5 Å². The largest absolute Gasteiger partial charge is 0.418 e. The highest BCUT2D eigenvalue weighted by molar-refractivity contribution is 6.03. The lowest BCUT2D eigenvalue weighted by Crippen LogP contribution is -2.29. The van der Waals surface area contributed by atoms with Gasteiger partial charge in [-0.1, -0.05) is 24.3 Å². The van der Waals surface area contributed by atoms with Crippen molar-refractivity contribution in [3.05, 3.63) is 59.9 Å². The van der Waals surface area contributed by atoms with Crippen LogP contribution in [0.5, 0.6) is 0 Å². The number of hydrogen-bond donors (Lipinski definition) is 1. The van der Waals surface area contributed by atoms with Crippen LogP contribution in [0.2, 0.25) is 0 Å². The molecule has 1 N–H and O–H groups in total. The van der Waals surface area contributed by atoms with Gasteiger partial charge < -0.3 is 10.2 Å². The average Bonchev–Trinajstić information content (AvgIpc) is 2.97. The highest BCUT2D eigenvalue weighted by Gasteiger charge is 2.38. The van der Waals surface area contributed by atoms with Crippen LogP contribution in [0.3, 0.4) is 0 Å². The van der Waals surface area contributed by atoms with Crippen LogP contribution < -0.4 is 10.2 Å². The van der Waals surface area contributed by atoms with Crippen LogP contribution in [0, 0.1) is 11.7 Å². The number of rotatable bonds is 3. The van der Waals surface area contributed by atoms with Crippen LogP contribution in [-0.4, -0.2) is 18.4 Å². The van der Waals surface area contributed by atoms with Crippen molar-refractivity contribution in [1.29, 1.82) is 0 Å². The Bertz CT molecular complexity index is 851. The number of anilines is 2. The number of nitrogens with zero attached hydrogens (tertiary/aromatic N) is 1. The van der Waals surface area contributed by atoms with Crippen LogP contribution in [0.4, 0.5) is 28.9 Å². The third kappa shape index (κ3) is 3.54. The molecule has 1 heterocycles. The molecule has 1 saturated heterocycles. The maximum absolute atomic E-state index is 13.9.